The number of amides is 1. The molecule has 0 spiro atoms. The van der Waals surface area contributed by atoms with Gasteiger partial charge in [-0.05, 0) is 54.5 Å². The zero-order chi connectivity index (χ0) is 19.2. The van der Waals surface area contributed by atoms with Crippen molar-refractivity contribution in [2.45, 2.75) is 38.6 Å². The Morgan fingerprint density at radius 2 is 1.96 bits per heavy atom. The average molecular weight is 367 g/mol. The topological polar surface area (TPSA) is 55.6 Å². The van der Waals surface area contributed by atoms with E-state index in [2.05, 4.69) is 25.1 Å². The molecule has 0 radical (unpaired) electrons. The number of nitrogens with zero attached hydrogens (tertiary/aromatic N) is 1. The van der Waals surface area contributed by atoms with Crippen molar-refractivity contribution in [2.75, 3.05) is 20.2 Å². The first-order chi connectivity index (χ1) is 13.1. The Balaban J connectivity index is 1.71. The first-order valence-electron chi connectivity index (χ1n) is 9.88. The van der Waals surface area contributed by atoms with E-state index in [9.17, 15) is 4.79 Å². The molecule has 0 saturated carbocycles. The third-order valence-corrected chi connectivity index (χ3v) is 5.50. The minimum Gasteiger partial charge on any atom is -0.497 e. The second-order valence-electron chi connectivity index (χ2n) is 7.43. The number of nitrogens with two attached hydrogens (primary N) is 1. The Morgan fingerprint density at radius 1 is 1.15 bits per heavy atom. The molecule has 0 bridgehead atoms. The molecule has 0 unspecified atom stereocenters. The smallest absolute Gasteiger partial charge is 0.254 e. The molecule has 1 aliphatic heterocycles. The zero-order valence-electron chi connectivity index (χ0n) is 16.4. The van der Waals surface area contributed by atoms with E-state index in [0.717, 1.165) is 49.1 Å². The zero-order valence-corrected chi connectivity index (χ0v) is 16.4. The molecule has 1 fully saturated rings. The summed E-state index contributed by atoms with van der Waals surface area (Å²) in [5.41, 5.74) is 9.38. The van der Waals surface area contributed by atoms with Crippen molar-refractivity contribution < 1.29 is 9.53 Å². The number of hydrogen-bond acceptors (Lipinski definition) is 3. The number of aryl methyl sites for hydroxylation is 2. The van der Waals surface area contributed by atoms with E-state index >= 15 is 0 Å². The molecular formula is C23H30N2O2. The van der Waals surface area contributed by atoms with Gasteiger partial charge in [0.1, 0.15) is 5.75 Å². The van der Waals surface area contributed by atoms with Crippen molar-refractivity contribution in [3.63, 3.8) is 0 Å². The predicted octanol–water partition coefficient (Wildman–Crippen LogP) is 3.68. The van der Waals surface area contributed by atoms with Crippen LogP contribution in [-0.4, -0.2) is 37.0 Å². The van der Waals surface area contributed by atoms with Gasteiger partial charge in [-0.1, -0.05) is 43.7 Å². The molecule has 1 saturated heterocycles. The molecule has 2 aromatic carbocycles. The van der Waals surface area contributed by atoms with Gasteiger partial charge < -0.3 is 15.4 Å². The maximum Gasteiger partial charge on any atom is 0.254 e. The van der Waals surface area contributed by atoms with E-state index in [-0.39, 0.29) is 11.9 Å². The van der Waals surface area contributed by atoms with Crippen LogP contribution < -0.4 is 10.5 Å². The summed E-state index contributed by atoms with van der Waals surface area (Å²) in [4.78, 5) is 15.1. The van der Waals surface area contributed by atoms with Crippen molar-refractivity contribution in [2.24, 2.45) is 11.7 Å². The van der Waals surface area contributed by atoms with Crippen LogP contribution in [0.4, 0.5) is 0 Å². The molecule has 2 N–H and O–H groups in total. The van der Waals surface area contributed by atoms with Gasteiger partial charge in [0.2, 0.25) is 0 Å². The standard InChI is InChI=1S/C23H30N2O2/c1-3-7-19-15-25(16-22(19)24)23(26)21-11-5-4-9-18(21)13-12-17-8-6-10-20(14-17)27-2/h4-6,8-11,14,19,22H,3,7,12-13,15-16,24H2,1-2H3/t19-,22-/m1/s1. The number of ether oxygens (including phenoxy) is 1. The second kappa shape index (κ2) is 9.05. The summed E-state index contributed by atoms with van der Waals surface area (Å²) < 4.78 is 5.30. The lowest BCUT2D eigenvalue weighted by Gasteiger charge is -2.18. The lowest BCUT2D eigenvalue weighted by molar-refractivity contribution is 0.0784. The van der Waals surface area contributed by atoms with E-state index in [4.69, 9.17) is 10.5 Å². The molecule has 0 aromatic heterocycles. The van der Waals surface area contributed by atoms with Gasteiger partial charge in [-0.15, -0.1) is 0 Å². The van der Waals surface area contributed by atoms with E-state index in [1.165, 1.54) is 5.56 Å². The van der Waals surface area contributed by atoms with Gasteiger partial charge in [-0.2, -0.15) is 0 Å². The van der Waals surface area contributed by atoms with Crippen LogP contribution in [0, 0.1) is 5.92 Å². The van der Waals surface area contributed by atoms with Crippen LogP contribution >= 0.6 is 0 Å². The number of hydrogen-bond donors (Lipinski definition) is 1. The fraction of sp³-hybridized carbons (Fsp3) is 0.435. The van der Waals surface area contributed by atoms with Crippen LogP contribution in [0.3, 0.4) is 0 Å². The number of carbonyl (C=O) groups excluding carboxylic acids is 1. The van der Waals surface area contributed by atoms with Crippen molar-refractivity contribution in [3.8, 4) is 5.75 Å². The van der Waals surface area contributed by atoms with Crippen LogP contribution in [0.15, 0.2) is 48.5 Å². The highest BCUT2D eigenvalue weighted by atomic mass is 16.5. The van der Waals surface area contributed by atoms with Crippen molar-refractivity contribution in [3.05, 3.63) is 65.2 Å². The van der Waals surface area contributed by atoms with Crippen molar-refractivity contribution in [1.29, 1.82) is 0 Å². The lowest BCUT2D eigenvalue weighted by Crippen LogP contribution is -2.32. The van der Waals surface area contributed by atoms with E-state index in [0.29, 0.717) is 12.5 Å². The van der Waals surface area contributed by atoms with Crippen LogP contribution in [0.1, 0.15) is 41.3 Å². The molecule has 27 heavy (non-hydrogen) atoms. The van der Waals surface area contributed by atoms with E-state index in [1.807, 2.05) is 35.2 Å². The summed E-state index contributed by atoms with van der Waals surface area (Å²) in [5.74, 6) is 1.40. The molecule has 0 aliphatic carbocycles. The van der Waals surface area contributed by atoms with Gasteiger partial charge in [0, 0.05) is 24.7 Å². The summed E-state index contributed by atoms with van der Waals surface area (Å²) in [6.45, 7) is 3.61. The Kier molecular flexibility index (Phi) is 6.51. The maximum atomic E-state index is 13.1. The first kappa shape index (κ1) is 19.4. The summed E-state index contributed by atoms with van der Waals surface area (Å²) >= 11 is 0. The van der Waals surface area contributed by atoms with Gasteiger partial charge >= 0.3 is 0 Å². The number of rotatable bonds is 7. The highest BCUT2D eigenvalue weighted by Crippen LogP contribution is 2.24. The SMILES string of the molecule is CCC[C@@H]1CN(C(=O)c2ccccc2CCc2cccc(OC)c2)C[C@H]1N. The third-order valence-electron chi connectivity index (χ3n) is 5.50. The molecule has 2 aromatic rings. The quantitative estimate of drug-likeness (QED) is 0.813. The minimum absolute atomic E-state index is 0.0952. The van der Waals surface area contributed by atoms with Gasteiger partial charge in [-0.3, -0.25) is 4.79 Å². The van der Waals surface area contributed by atoms with Gasteiger partial charge in [0.25, 0.3) is 5.91 Å². The highest BCUT2D eigenvalue weighted by Gasteiger charge is 2.33. The number of methoxy groups -OCH3 is 1. The van der Waals surface area contributed by atoms with Crippen LogP contribution in [-0.2, 0) is 12.8 Å². The minimum atomic E-state index is 0.0952. The molecule has 1 aliphatic rings. The van der Waals surface area contributed by atoms with Gasteiger partial charge in [0.15, 0.2) is 0 Å². The summed E-state index contributed by atoms with van der Waals surface area (Å²) in [6.07, 6.45) is 3.90. The summed E-state index contributed by atoms with van der Waals surface area (Å²) in [6, 6.07) is 16.2. The molecule has 4 heteroatoms. The lowest BCUT2D eigenvalue weighted by atomic mass is 9.98. The fourth-order valence-corrected chi connectivity index (χ4v) is 3.96. The largest absolute Gasteiger partial charge is 0.497 e. The normalized spacial score (nSPS) is 19.3. The van der Waals surface area contributed by atoms with Gasteiger partial charge in [0.05, 0.1) is 7.11 Å². The van der Waals surface area contributed by atoms with E-state index < -0.39 is 0 Å². The van der Waals surface area contributed by atoms with Crippen LogP contribution in [0.5, 0.6) is 5.75 Å². The maximum absolute atomic E-state index is 13.1. The van der Waals surface area contributed by atoms with Gasteiger partial charge in [-0.25, -0.2) is 0 Å². The molecule has 3 rings (SSSR count). The number of carbonyl (C=O) groups is 1. The second-order valence-corrected chi connectivity index (χ2v) is 7.43. The third kappa shape index (κ3) is 4.69. The summed E-state index contributed by atoms with van der Waals surface area (Å²) in [7, 11) is 1.68. The van der Waals surface area contributed by atoms with Crippen LogP contribution in [0.25, 0.3) is 0 Å². The number of benzene rings is 2. The predicted molar refractivity (Wildman–Crippen MR) is 109 cm³/mol. The Bertz CT molecular complexity index is 774. The van der Waals surface area contributed by atoms with Crippen molar-refractivity contribution in [1.82, 2.24) is 4.90 Å². The fourth-order valence-electron chi connectivity index (χ4n) is 3.96. The molecular weight excluding hydrogens is 336 g/mol. The monoisotopic (exact) mass is 366 g/mol. The van der Waals surface area contributed by atoms with E-state index in [1.54, 1.807) is 7.11 Å². The first-order valence-corrected chi connectivity index (χ1v) is 9.88. The molecule has 4 nitrogen and oxygen atoms in total. The molecule has 144 valence electrons. The summed E-state index contributed by atoms with van der Waals surface area (Å²) in [5, 5.41) is 0. The average Bonchev–Trinajstić information content (AvgIpc) is 3.07. The number of likely N-dealkylation sites (tertiary alicyclic amines) is 1. The Hall–Kier alpha value is -2.33. The Morgan fingerprint density at radius 3 is 2.74 bits per heavy atom. The highest BCUT2D eigenvalue weighted by molar-refractivity contribution is 5.96. The van der Waals surface area contributed by atoms with Crippen LogP contribution in [0.2, 0.25) is 0 Å². The molecule has 1 amide bonds. The Labute approximate surface area is 162 Å². The van der Waals surface area contributed by atoms with Crippen molar-refractivity contribution >= 4 is 5.91 Å². The molecule has 1 heterocycles. The molecule has 2 atom stereocenters.